The molecule has 0 atom stereocenters. The minimum absolute atomic E-state index is 0.0473. The smallest absolute Gasteiger partial charge is 0.123 e. The Morgan fingerprint density at radius 3 is 1.77 bits per heavy atom. The lowest BCUT2D eigenvalue weighted by atomic mass is 9.78. The molecule has 1 rings (SSSR count). The molecule has 0 bridgehead atoms. The summed E-state index contributed by atoms with van der Waals surface area (Å²) in [6.45, 7) is 17.3. The molecule has 1 heteroatoms. The summed E-state index contributed by atoms with van der Waals surface area (Å²) >= 11 is 0. The van der Waals surface area contributed by atoms with Crippen LogP contribution in [-0.2, 0) is 17.3 Å². The van der Waals surface area contributed by atoms with E-state index in [4.69, 9.17) is 0 Å². The number of aryl methyl sites for hydroxylation is 1. The predicted octanol–water partition coefficient (Wildman–Crippen LogP) is 6.28. The van der Waals surface area contributed by atoms with Gasteiger partial charge < -0.3 is 5.11 Å². The van der Waals surface area contributed by atoms with Gasteiger partial charge in [0.2, 0.25) is 0 Å². The minimum Gasteiger partial charge on any atom is -0.507 e. The van der Waals surface area contributed by atoms with Crippen LogP contribution in [0, 0.1) is 0 Å². The van der Waals surface area contributed by atoms with E-state index in [0.717, 1.165) is 30.4 Å². The van der Waals surface area contributed by atoms with Crippen molar-refractivity contribution in [1.29, 1.82) is 0 Å². The van der Waals surface area contributed by atoms with E-state index >= 15 is 0 Å². The Labute approximate surface area is 137 Å². The van der Waals surface area contributed by atoms with Crippen LogP contribution >= 0.6 is 0 Å². The molecule has 1 aromatic carbocycles. The number of phenols is 1. The Morgan fingerprint density at radius 2 is 1.45 bits per heavy atom. The Hall–Kier alpha value is -1.24. The lowest BCUT2D eigenvalue weighted by Gasteiger charge is -2.28. The summed E-state index contributed by atoms with van der Waals surface area (Å²) in [5.41, 5.74) is 4.87. The molecule has 0 radical (unpaired) electrons. The molecule has 1 N–H and O–H groups in total. The summed E-state index contributed by atoms with van der Waals surface area (Å²) in [7, 11) is 0. The highest BCUT2D eigenvalue weighted by molar-refractivity contribution is 5.50. The van der Waals surface area contributed by atoms with E-state index in [2.05, 4.69) is 73.6 Å². The molecule has 1 nitrogen and oxygen atoms in total. The van der Waals surface area contributed by atoms with Gasteiger partial charge in [-0.25, -0.2) is 0 Å². The molecule has 0 aromatic heterocycles. The van der Waals surface area contributed by atoms with Crippen LogP contribution < -0.4 is 0 Å². The van der Waals surface area contributed by atoms with Gasteiger partial charge >= 0.3 is 0 Å². The fourth-order valence-corrected chi connectivity index (χ4v) is 2.81. The highest BCUT2D eigenvalue weighted by atomic mass is 16.3. The zero-order valence-electron chi connectivity index (χ0n) is 15.8. The van der Waals surface area contributed by atoms with Crippen molar-refractivity contribution >= 4 is 0 Å². The molecule has 1 aromatic rings. The van der Waals surface area contributed by atoms with Crippen LogP contribution in [0.15, 0.2) is 23.8 Å². The quantitative estimate of drug-likeness (QED) is 0.649. The average Bonchev–Trinajstić information content (AvgIpc) is 2.38. The van der Waals surface area contributed by atoms with Crippen LogP contribution in [0.2, 0.25) is 0 Å². The van der Waals surface area contributed by atoms with Crippen molar-refractivity contribution in [3.05, 3.63) is 40.5 Å². The van der Waals surface area contributed by atoms with Gasteiger partial charge in [-0.1, -0.05) is 72.2 Å². The summed E-state index contributed by atoms with van der Waals surface area (Å²) in [4.78, 5) is 0. The number of aromatic hydroxyl groups is 1. The molecule has 0 aliphatic rings. The monoisotopic (exact) mass is 302 g/mol. The molecular formula is C21H34O. The lowest BCUT2D eigenvalue weighted by Crippen LogP contribution is -2.18. The third-order valence-electron chi connectivity index (χ3n) is 4.38. The van der Waals surface area contributed by atoms with Crippen LogP contribution in [0.5, 0.6) is 5.75 Å². The zero-order valence-corrected chi connectivity index (χ0v) is 15.8. The number of phenolic OH excluding ortho intramolecular Hbond substituents is 1. The lowest BCUT2D eigenvalue weighted by molar-refractivity contribution is 0.422. The van der Waals surface area contributed by atoms with Crippen molar-refractivity contribution in [1.82, 2.24) is 0 Å². The summed E-state index contributed by atoms with van der Waals surface area (Å²) < 4.78 is 0. The highest BCUT2D eigenvalue weighted by Gasteiger charge is 2.26. The normalized spacial score (nSPS) is 13.5. The average molecular weight is 303 g/mol. The number of allylic oxidation sites excluding steroid dienone is 2. The van der Waals surface area contributed by atoms with Crippen molar-refractivity contribution in [2.75, 3.05) is 0 Å². The highest BCUT2D eigenvalue weighted by Crippen LogP contribution is 2.40. The summed E-state index contributed by atoms with van der Waals surface area (Å²) in [6, 6.07) is 4.40. The second-order valence-corrected chi connectivity index (χ2v) is 8.34. The van der Waals surface area contributed by atoms with E-state index in [1.54, 1.807) is 0 Å². The van der Waals surface area contributed by atoms with Crippen LogP contribution in [-0.4, -0.2) is 5.11 Å². The van der Waals surface area contributed by atoms with E-state index in [9.17, 15) is 5.11 Å². The van der Waals surface area contributed by atoms with Crippen molar-refractivity contribution in [3.63, 3.8) is 0 Å². The first-order valence-corrected chi connectivity index (χ1v) is 8.51. The largest absolute Gasteiger partial charge is 0.507 e. The topological polar surface area (TPSA) is 20.2 Å². The van der Waals surface area contributed by atoms with Crippen molar-refractivity contribution in [3.8, 4) is 5.75 Å². The first-order chi connectivity index (χ1) is 10.0. The standard InChI is InChI=1S/C21H34O/c1-9-15(10-2)11-12-16-13-17(20(3,4)5)19(22)18(14-16)21(6,7)8/h9,13-14,22H,10-12H2,1-8H3. The second-order valence-electron chi connectivity index (χ2n) is 8.34. The maximum Gasteiger partial charge on any atom is 0.123 e. The number of hydrogen-bond donors (Lipinski definition) is 1. The van der Waals surface area contributed by atoms with E-state index in [-0.39, 0.29) is 10.8 Å². The van der Waals surface area contributed by atoms with Crippen LogP contribution in [0.4, 0.5) is 0 Å². The fourth-order valence-electron chi connectivity index (χ4n) is 2.81. The van der Waals surface area contributed by atoms with E-state index in [1.165, 1.54) is 11.1 Å². The Balaban J connectivity index is 3.30. The second kappa shape index (κ2) is 6.89. The molecule has 0 amide bonds. The molecule has 0 spiro atoms. The van der Waals surface area contributed by atoms with Gasteiger partial charge in [0.1, 0.15) is 5.75 Å². The Kier molecular flexibility index (Phi) is 5.89. The van der Waals surface area contributed by atoms with Gasteiger partial charge in [-0.15, -0.1) is 0 Å². The van der Waals surface area contributed by atoms with Gasteiger partial charge in [-0.05, 0) is 53.7 Å². The molecule has 22 heavy (non-hydrogen) atoms. The van der Waals surface area contributed by atoms with E-state index in [1.807, 2.05) is 0 Å². The predicted molar refractivity (Wildman–Crippen MR) is 97.9 cm³/mol. The van der Waals surface area contributed by atoms with Gasteiger partial charge in [0.25, 0.3) is 0 Å². The van der Waals surface area contributed by atoms with E-state index < -0.39 is 0 Å². The Bertz CT molecular complexity index is 501. The molecule has 0 aliphatic carbocycles. The van der Waals surface area contributed by atoms with Crippen molar-refractivity contribution < 1.29 is 5.11 Å². The minimum atomic E-state index is -0.0473. The number of rotatable bonds is 4. The first-order valence-electron chi connectivity index (χ1n) is 8.51. The van der Waals surface area contributed by atoms with Crippen LogP contribution in [0.1, 0.15) is 84.9 Å². The molecule has 0 heterocycles. The van der Waals surface area contributed by atoms with Crippen molar-refractivity contribution in [2.45, 2.75) is 85.5 Å². The molecule has 0 fully saturated rings. The summed E-state index contributed by atoms with van der Waals surface area (Å²) in [6.07, 6.45) is 5.49. The van der Waals surface area contributed by atoms with Crippen LogP contribution in [0.25, 0.3) is 0 Å². The molecular weight excluding hydrogens is 268 g/mol. The SMILES string of the molecule is CC=C(CC)CCc1cc(C(C)(C)C)c(O)c(C(C)(C)C)c1. The number of benzene rings is 1. The van der Waals surface area contributed by atoms with Crippen LogP contribution in [0.3, 0.4) is 0 Å². The van der Waals surface area contributed by atoms with E-state index in [0.29, 0.717) is 5.75 Å². The van der Waals surface area contributed by atoms with Gasteiger partial charge in [-0.3, -0.25) is 0 Å². The third kappa shape index (κ3) is 4.63. The number of hydrogen-bond acceptors (Lipinski definition) is 1. The third-order valence-corrected chi connectivity index (χ3v) is 4.38. The zero-order chi connectivity index (χ0) is 17.1. The molecule has 0 saturated carbocycles. The summed E-state index contributed by atoms with van der Waals surface area (Å²) in [5.74, 6) is 0.477. The van der Waals surface area contributed by atoms with Crippen molar-refractivity contribution in [2.24, 2.45) is 0 Å². The molecule has 124 valence electrons. The fraction of sp³-hybridized carbons (Fsp3) is 0.619. The Morgan fingerprint density at radius 1 is 1.00 bits per heavy atom. The van der Waals surface area contributed by atoms with Gasteiger partial charge in [0.05, 0.1) is 0 Å². The molecule has 0 saturated heterocycles. The van der Waals surface area contributed by atoms with Gasteiger partial charge in [0.15, 0.2) is 0 Å². The maximum absolute atomic E-state index is 10.7. The molecule has 0 unspecified atom stereocenters. The maximum atomic E-state index is 10.7. The summed E-state index contributed by atoms with van der Waals surface area (Å²) in [5, 5.41) is 10.7. The van der Waals surface area contributed by atoms with Gasteiger partial charge in [0, 0.05) is 0 Å². The van der Waals surface area contributed by atoms with Gasteiger partial charge in [-0.2, -0.15) is 0 Å². The molecule has 0 aliphatic heterocycles. The first kappa shape index (κ1) is 18.8.